The molecule has 0 aromatic rings. The number of carboxylic acid groups (broad SMARTS) is 1. The van der Waals surface area contributed by atoms with Crippen molar-refractivity contribution in [3.8, 4) is 0 Å². The van der Waals surface area contributed by atoms with Crippen molar-refractivity contribution in [1.29, 1.82) is 0 Å². The molecule has 2 aliphatic rings. The largest absolute Gasteiger partial charge is 0.480 e. The van der Waals surface area contributed by atoms with Crippen LogP contribution in [-0.4, -0.2) is 89.6 Å². The van der Waals surface area contributed by atoms with Gasteiger partial charge in [-0.05, 0) is 18.9 Å². The summed E-state index contributed by atoms with van der Waals surface area (Å²) >= 11 is 0. The van der Waals surface area contributed by atoms with Crippen LogP contribution in [0.2, 0.25) is 0 Å². The molecule has 2 atom stereocenters. The van der Waals surface area contributed by atoms with Crippen LogP contribution in [0, 0.1) is 11.8 Å². The molecule has 1 unspecified atom stereocenters. The van der Waals surface area contributed by atoms with Gasteiger partial charge < -0.3 is 14.9 Å². The number of likely N-dealkylation sites (tertiary alicyclic amines) is 2. The van der Waals surface area contributed by atoms with Gasteiger partial charge in [-0.1, -0.05) is 19.9 Å². The van der Waals surface area contributed by atoms with Crippen LogP contribution < -0.4 is 0 Å². The van der Waals surface area contributed by atoms with Gasteiger partial charge in [-0.2, -0.15) is 0 Å². The Kier molecular flexibility index (Phi) is 6.75. The minimum Gasteiger partial charge on any atom is -0.480 e. The standard InChI is InChI=1S/C18H28FN3O4/c1-12(2)16(18(25)26)20(3)17(24)13-6-8-21(9-13)7-4-5-15(23)22-10-14(19)11-22/h4-5,12-14,16H,6-11H2,1-3H3,(H,25,26)/b5-4+/t13-,16?/m0/s1. The third-order valence-corrected chi connectivity index (χ3v) is 5.04. The van der Waals surface area contributed by atoms with Gasteiger partial charge in [-0.15, -0.1) is 0 Å². The van der Waals surface area contributed by atoms with Gasteiger partial charge in [0.05, 0.1) is 19.0 Å². The maximum atomic E-state index is 12.7. The number of nitrogens with zero attached hydrogens (tertiary/aromatic N) is 3. The molecule has 0 aromatic heterocycles. The number of rotatable bonds is 7. The first-order valence-corrected chi connectivity index (χ1v) is 9.02. The summed E-state index contributed by atoms with van der Waals surface area (Å²) in [6.07, 6.45) is 2.95. The maximum absolute atomic E-state index is 12.7. The number of aliphatic carboxylic acids is 1. The first-order chi connectivity index (χ1) is 12.2. The molecule has 2 rings (SSSR count). The van der Waals surface area contributed by atoms with Gasteiger partial charge in [0.25, 0.3) is 0 Å². The lowest BCUT2D eigenvalue weighted by molar-refractivity contribution is -0.152. The molecule has 7 nitrogen and oxygen atoms in total. The van der Waals surface area contributed by atoms with Crippen LogP contribution in [0.3, 0.4) is 0 Å². The molecule has 1 N–H and O–H groups in total. The van der Waals surface area contributed by atoms with Crippen molar-refractivity contribution in [2.24, 2.45) is 11.8 Å². The normalized spacial score (nSPS) is 22.7. The van der Waals surface area contributed by atoms with Crippen LogP contribution >= 0.6 is 0 Å². The highest BCUT2D eigenvalue weighted by Crippen LogP contribution is 2.21. The van der Waals surface area contributed by atoms with Gasteiger partial charge in [-0.25, -0.2) is 9.18 Å². The van der Waals surface area contributed by atoms with Crippen LogP contribution in [0.15, 0.2) is 12.2 Å². The maximum Gasteiger partial charge on any atom is 0.326 e. The zero-order valence-corrected chi connectivity index (χ0v) is 15.6. The highest BCUT2D eigenvalue weighted by atomic mass is 19.1. The molecule has 2 aliphatic heterocycles. The second-order valence-electron chi connectivity index (χ2n) is 7.46. The summed E-state index contributed by atoms with van der Waals surface area (Å²) in [7, 11) is 1.55. The zero-order chi connectivity index (χ0) is 19.4. The molecule has 8 heteroatoms. The summed E-state index contributed by atoms with van der Waals surface area (Å²) in [5, 5.41) is 9.34. The molecule has 146 valence electrons. The summed E-state index contributed by atoms with van der Waals surface area (Å²) in [5.74, 6) is -1.73. The van der Waals surface area contributed by atoms with Crippen molar-refractivity contribution in [2.75, 3.05) is 39.8 Å². The highest BCUT2D eigenvalue weighted by molar-refractivity contribution is 5.88. The number of halogens is 1. The first-order valence-electron chi connectivity index (χ1n) is 9.02. The number of carbonyl (C=O) groups is 3. The van der Waals surface area contributed by atoms with Crippen LogP contribution in [-0.2, 0) is 14.4 Å². The Morgan fingerprint density at radius 1 is 1.27 bits per heavy atom. The quantitative estimate of drug-likeness (QED) is 0.665. The molecular formula is C18H28FN3O4. The lowest BCUT2D eigenvalue weighted by Gasteiger charge is -2.33. The van der Waals surface area contributed by atoms with Gasteiger partial charge in [-0.3, -0.25) is 14.5 Å². The fourth-order valence-electron chi connectivity index (χ4n) is 3.54. The van der Waals surface area contributed by atoms with Gasteiger partial charge in [0.1, 0.15) is 12.2 Å². The topological polar surface area (TPSA) is 81.2 Å². The molecule has 0 aliphatic carbocycles. The van der Waals surface area contributed by atoms with Crippen LogP contribution in [0.25, 0.3) is 0 Å². The summed E-state index contributed by atoms with van der Waals surface area (Å²) < 4.78 is 12.7. The predicted octanol–water partition coefficient (Wildman–Crippen LogP) is 0.612. The molecule has 0 aromatic carbocycles. The van der Waals surface area contributed by atoms with E-state index in [2.05, 4.69) is 4.90 Å². The first kappa shape index (κ1) is 20.4. The van der Waals surface area contributed by atoms with Crippen molar-refractivity contribution < 1.29 is 23.9 Å². The molecule has 0 radical (unpaired) electrons. The monoisotopic (exact) mass is 369 g/mol. The lowest BCUT2D eigenvalue weighted by Crippen LogP contribution is -2.50. The smallest absolute Gasteiger partial charge is 0.326 e. The third kappa shape index (κ3) is 4.81. The predicted molar refractivity (Wildman–Crippen MR) is 94.2 cm³/mol. The Balaban J connectivity index is 1.81. The average molecular weight is 369 g/mol. The molecule has 0 saturated carbocycles. The van der Waals surface area contributed by atoms with E-state index in [0.717, 1.165) is 6.54 Å². The number of hydrogen-bond acceptors (Lipinski definition) is 4. The van der Waals surface area contributed by atoms with Crippen molar-refractivity contribution >= 4 is 17.8 Å². The average Bonchev–Trinajstić information content (AvgIpc) is 2.99. The van der Waals surface area contributed by atoms with E-state index < -0.39 is 18.2 Å². The van der Waals surface area contributed by atoms with Gasteiger partial charge >= 0.3 is 5.97 Å². The van der Waals surface area contributed by atoms with E-state index in [0.29, 0.717) is 19.5 Å². The SMILES string of the molecule is CC(C)C(C(=O)O)N(C)C(=O)[C@H]1CCN(C/C=C/C(=O)N2CC(F)C2)C1. The van der Waals surface area contributed by atoms with Crippen molar-refractivity contribution in [1.82, 2.24) is 14.7 Å². The Morgan fingerprint density at radius 2 is 1.92 bits per heavy atom. The fraction of sp³-hybridized carbons (Fsp3) is 0.722. The van der Waals surface area contributed by atoms with Crippen molar-refractivity contribution in [2.45, 2.75) is 32.5 Å². The molecule has 2 amide bonds. The summed E-state index contributed by atoms with van der Waals surface area (Å²) in [6, 6.07) is -0.829. The Morgan fingerprint density at radius 3 is 2.46 bits per heavy atom. The number of amides is 2. The molecule has 2 saturated heterocycles. The van der Waals surface area contributed by atoms with E-state index in [4.69, 9.17) is 0 Å². The van der Waals surface area contributed by atoms with Gasteiger partial charge in [0, 0.05) is 26.2 Å². The fourth-order valence-corrected chi connectivity index (χ4v) is 3.54. The number of carboxylic acids is 1. The molecular weight excluding hydrogens is 341 g/mol. The number of carbonyl (C=O) groups excluding carboxylic acids is 2. The summed E-state index contributed by atoms with van der Waals surface area (Å²) in [5.41, 5.74) is 0. The molecule has 0 spiro atoms. The number of likely N-dealkylation sites (N-methyl/N-ethyl adjacent to an activating group) is 1. The summed E-state index contributed by atoms with van der Waals surface area (Å²) in [4.78, 5) is 40.6. The van der Waals surface area contributed by atoms with E-state index in [1.807, 2.05) is 0 Å². The highest BCUT2D eigenvalue weighted by Gasteiger charge is 2.36. The number of alkyl halides is 1. The van der Waals surface area contributed by atoms with E-state index in [1.54, 1.807) is 27.0 Å². The molecule has 2 fully saturated rings. The number of hydrogen-bond donors (Lipinski definition) is 1. The second kappa shape index (κ2) is 8.62. The summed E-state index contributed by atoms with van der Waals surface area (Å²) in [6.45, 7) is 5.70. The lowest BCUT2D eigenvalue weighted by atomic mass is 10.0. The minimum absolute atomic E-state index is 0.150. The zero-order valence-electron chi connectivity index (χ0n) is 15.6. The van der Waals surface area contributed by atoms with Gasteiger partial charge in [0.2, 0.25) is 11.8 Å². The van der Waals surface area contributed by atoms with Gasteiger partial charge in [0.15, 0.2) is 0 Å². The Labute approximate surface area is 153 Å². The Hall–Kier alpha value is -1.96. The van der Waals surface area contributed by atoms with Crippen LogP contribution in [0.4, 0.5) is 4.39 Å². The van der Waals surface area contributed by atoms with Crippen molar-refractivity contribution in [3.05, 3.63) is 12.2 Å². The van der Waals surface area contributed by atoms with E-state index in [1.165, 1.54) is 15.9 Å². The third-order valence-electron chi connectivity index (χ3n) is 5.04. The molecule has 0 bridgehead atoms. The van der Waals surface area contributed by atoms with Crippen LogP contribution in [0.5, 0.6) is 0 Å². The second-order valence-corrected chi connectivity index (χ2v) is 7.46. The minimum atomic E-state index is -0.992. The van der Waals surface area contributed by atoms with E-state index in [-0.39, 0.29) is 36.7 Å². The van der Waals surface area contributed by atoms with Crippen LogP contribution in [0.1, 0.15) is 20.3 Å². The van der Waals surface area contributed by atoms with E-state index in [9.17, 15) is 23.9 Å². The molecule has 2 heterocycles. The molecule has 26 heavy (non-hydrogen) atoms. The Bertz CT molecular complexity index is 575. The van der Waals surface area contributed by atoms with Crippen molar-refractivity contribution in [3.63, 3.8) is 0 Å². The van der Waals surface area contributed by atoms with E-state index >= 15 is 0 Å².